The van der Waals surface area contributed by atoms with Crippen LogP contribution in [0.4, 0.5) is 0 Å². The van der Waals surface area contributed by atoms with E-state index in [1.165, 1.54) is 25.7 Å². The highest BCUT2D eigenvalue weighted by Gasteiger charge is 2.35. The van der Waals surface area contributed by atoms with Gasteiger partial charge in [-0.05, 0) is 49.9 Å². The van der Waals surface area contributed by atoms with E-state index < -0.39 is 9.84 Å². The molecule has 8 heteroatoms. The number of nitrogens with zero attached hydrogens (tertiary/aromatic N) is 2. The summed E-state index contributed by atoms with van der Waals surface area (Å²) in [5.41, 5.74) is 0. The van der Waals surface area contributed by atoms with Gasteiger partial charge in [-0.3, -0.25) is 4.99 Å². The predicted octanol–water partition coefficient (Wildman–Crippen LogP) is 1.51. The van der Waals surface area contributed by atoms with Gasteiger partial charge in [0, 0.05) is 38.9 Å². The van der Waals surface area contributed by atoms with Crippen LogP contribution in [0.15, 0.2) is 4.99 Å². The summed E-state index contributed by atoms with van der Waals surface area (Å²) in [7, 11) is -2.81. The summed E-state index contributed by atoms with van der Waals surface area (Å²) >= 11 is 0. The van der Waals surface area contributed by atoms with Gasteiger partial charge in [-0.25, -0.2) is 8.42 Å². The number of guanidine groups is 1. The van der Waals surface area contributed by atoms with Gasteiger partial charge in [-0.2, -0.15) is 0 Å². The Balaban J connectivity index is 0.00000182. The van der Waals surface area contributed by atoms with Crippen LogP contribution in [0.25, 0.3) is 0 Å². The van der Waals surface area contributed by atoms with E-state index in [0.717, 1.165) is 38.7 Å². The molecule has 4 aliphatic rings. The minimum absolute atomic E-state index is 0. The summed E-state index contributed by atoms with van der Waals surface area (Å²) in [5, 5.41) is 3.58. The third-order valence-corrected chi connectivity index (χ3v) is 7.73. The van der Waals surface area contributed by atoms with E-state index in [1.54, 1.807) is 0 Å². The van der Waals surface area contributed by atoms with Crippen molar-refractivity contribution in [2.24, 2.45) is 22.7 Å². The quantitative estimate of drug-likeness (QED) is 0.373. The summed E-state index contributed by atoms with van der Waals surface area (Å²) in [6.45, 7) is 4.60. The lowest BCUT2D eigenvalue weighted by molar-refractivity contribution is 0.173. The predicted molar refractivity (Wildman–Crippen MR) is 109 cm³/mol. The van der Waals surface area contributed by atoms with E-state index >= 15 is 0 Å². The van der Waals surface area contributed by atoms with Gasteiger partial charge in [0.2, 0.25) is 0 Å². The molecule has 3 aliphatic heterocycles. The number of hydrogen-bond acceptors (Lipinski definition) is 4. The largest absolute Gasteiger partial charge is 0.381 e. The first-order chi connectivity index (χ1) is 11.6. The Morgan fingerprint density at radius 1 is 1.16 bits per heavy atom. The van der Waals surface area contributed by atoms with Crippen LogP contribution in [-0.2, 0) is 14.6 Å². The SMILES string of the molecule is I.O=S1(=O)CCC(CN=C(NC2CC2)N2CCC(C3CCOC3)C2)C1. The zero-order valence-electron chi connectivity index (χ0n) is 14.7. The Labute approximate surface area is 168 Å². The molecule has 0 bridgehead atoms. The smallest absolute Gasteiger partial charge is 0.194 e. The van der Waals surface area contributed by atoms with Gasteiger partial charge in [-0.15, -0.1) is 24.0 Å². The molecule has 3 atom stereocenters. The van der Waals surface area contributed by atoms with E-state index in [1.807, 2.05) is 0 Å². The van der Waals surface area contributed by atoms with Crippen LogP contribution in [0.1, 0.15) is 32.1 Å². The third kappa shape index (κ3) is 5.22. The second kappa shape index (κ2) is 8.29. The number of rotatable bonds is 4. The first kappa shape index (κ1) is 19.7. The van der Waals surface area contributed by atoms with Crippen molar-refractivity contribution in [3.63, 3.8) is 0 Å². The Morgan fingerprint density at radius 2 is 2.00 bits per heavy atom. The number of ether oxygens (including phenoxy) is 1. The maximum absolute atomic E-state index is 11.6. The normalized spacial score (nSPS) is 35.0. The minimum Gasteiger partial charge on any atom is -0.381 e. The Bertz CT molecular complexity index is 588. The fraction of sp³-hybridized carbons (Fsp3) is 0.941. The summed E-state index contributed by atoms with van der Waals surface area (Å²) in [4.78, 5) is 7.22. The number of aliphatic imine (C=N–C) groups is 1. The van der Waals surface area contributed by atoms with Crippen molar-refractivity contribution in [3.05, 3.63) is 0 Å². The van der Waals surface area contributed by atoms with E-state index in [0.29, 0.717) is 35.9 Å². The molecule has 0 aromatic rings. The van der Waals surface area contributed by atoms with E-state index in [9.17, 15) is 8.42 Å². The second-order valence-electron chi connectivity index (χ2n) is 7.97. The van der Waals surface area contributed by atoms with Crippen molar-refractivity contribution in [1.82, 2.24) is 10.2 Å². The monoisotopic (exact) mass is 483 g/mol. The van der Waals surface area contributed by atoms with Gasteiger partial charge >= 0.3 is 0 Å². The van der Waals surface area contributed by atoms with Gasteiger partial charge in [0.15, 0.2) is 15.8 Å². The molecular formula is C17H30IN3O3S. The van der Waals surface area contributed by atoms with Gasteiger partial charge in [0.25, 0.3) is 0 Å². The average molecular weight is 483 g/mol. The fourth-order valence-corrected chi connectivity index (χ4v) is 6.02. The van der Waals surface area contributed by atoms with E-state index in [-0.39, 0.29) is 29.9 Å². The fourth-order valence-electron chi connectivity index (χ4n) is 4.17. The molecule has 6 nitrogen and oxygen atoms in total. The van der Waals surface area contributed by atoms with Crippen LogP contribution in [0.2, 0.25) is 0 Å². The van der Waals surface area contributed by atoms with Crippen molar-refractivity contribution in [1.29, 1.82) is 0 Å². The summed E-state index contributed by atoms with van der Waals surface area (Å²) in [6.07, 6.45) is 5.64. The van der Waals surface area contributed by atoms with Crippen molar-refractivity contribution < 1.29 is 13.2 Å². The minimum atomic E-state index is -2.81. The van der Waals surface area contributed by atoms with E-state index in [2.05, 4.69) is 10.2 Å². The standard InChI is InChI=1S/C17H29N3O3S.HI/c21-24(22)8-5-13(12-24)9-18-17(19-16-1-2-16)20-6-3-14(10-20)15-4-7-23-11-15;/h13-16H,1-12H2,(H,18,19);1H. The van der Waals surface area contributed by atoms with Crippen molar-refractivity contribution in [2.75, 3.05) is 44.4 Å². The van der Waals surface area contributed by atoms with E-state index in [4.69, 9.17) is 9.73 Å². The number of likely N-dealkylation sites (tertiary alicyclic amines) is 1. The highest BCUT2D eigenvalue weighted by molar-refractivity contribution is 14.0. The molecule has 1 aliphatic carbocycles. The zero-order chi connectivity index (χ0) is 16.6. The number of hydrogen-bond donors (Lipinski definition) is 1. The van der Waals surface area contributed by atoms with Crippen LogP contribution >= 0.6 is 24.0 Å². The molecule has 3 saturated heterocycles. The van der Waals surface area contributed by atoms with Crippen LogP contribution < -0.4 is 5.32 Å². The molecule has 4 fully saturated rings. The maximum atomic E-state index is 11.6. The molecule has 1 N–H and O–H groups in total. The molecular weight excluding hydrogens is 453 g/mol. The van der Waals surface area contributed by atoms with Crippen LogP contribution in [0.3, 0.4) is 0 Å². The Kier molecular flexibility index (Phi) is 6.52. The highest BCUT2D eigenvalue weighted by Crippen LogP contribution is 2.30. The topological polar surface area (TPSA) is 71.0 Å². The molecule has 144 valence electrons. The molecule has 0 aromatic heterocycles. The summed E-state index contributed by atoms with van der Waals surface area (Å²) in [5.74, 6) is 3.29. The van der Waals surface area contributed by atoms with Crippen molar-refractivity contribution in [3.8, 4) is 0 Å². The molecule has 0 amide bonds. The highest BCUT2D eigenvalue weighted by atomic mass is 127. The third-order valence-electron chi connectivity index (χ3n) is 5.89. The number of halogens is 1. The first-order valence-corrected chi connectivity index (χ1v) is 11.3. The van der Waals surface area contributed by atoms with Gasteiger partial charge < -0.3 is 15.0 Å². The Morgan fingerprint density at radius 3 is 2.64 bits per heavy atom. The lowest BCUT2D eigenvalue weighted by Gasteiger charge is -2.23. The van der Waals surface area contributed by atoms with Gasteiger partial charge in [-0.1, -0.05) is 0 Å². The summed E-state index contributed by atoms with van der Waals surface area (Å²) < 4.78 is 28.8. The maximum Gasteiger partial charge on any atom is 0.194 e. The Hall–Kier alpha value is -0.0900. The van der Waals surface area contributed by atoms with Crippen LogP contribution in [0, 0.1) is 17.8 Å². The molecule has 25 heavy (non-hydrogen) atoms. The van der Waals surface area contributed by atoms with Crippen molar-refractivity contribution in [2.45, 2.75) is 38.1 Å². The molecule has 4 rings (SSSR count). The lowest BCUT2D eigenvalue weighted by Crippen LogP contribution is -2.42. The second-order valence-corrected chi connectivity index (χ2v) is 10.2. The van der Waals surface area contributed by atoms with Crippen molar-refractivity contribution >= 4 is 39.8 Å². The van der Waals surface area contributed by atoms with Crippen LogP contribution in [0.5, 0.6) is 0 Å². The molecule has 0 spiro atoms. The molecule has 1 saturated carbocycles. The van der Waals surface area contributed by atoms with Crippen LogP contribution in [-0.4, -0.2) is 69.7 Å². The first-order valence-electron chi connectivity index (χ1n) is 9.43. The average Bonchev–Trinajstić information content (AvgIpc) is 2.99. The van der Waals surface area contributed by atoms with Gasteiger partial charge in [0.05, 0.1) is 11.5 Å². The molecule has 0 radical (unpaired) electrons. The number of nitrogens with one attached hydrogen (secondary N) is 1. The lowest BCUT2D eigenvalue weighted by atomic mass is 9.91. The van der Waals surface area contributed by atoms with Gasteiger partial charge in [0.1, 0.15) is 0 Å². The molecule has 3 heterocycles. The summed E-state index contributed by atoms with van der Waals surface area (Å²) in [6, 6.07) is 0.574. The molecule has 3 unspecified atom stereocenters. The zero-order valence-corrected chi connectivity index (χ0v) is 17.9. The molecule has 0 aromatic carbocycles. The number of sulfone groups is 1.